The van der Waals surface area contributed by atoms with E-state index >= 15 is 0 Å². The van der Waals surface area contributed by atoms with E-state index < -0.39 is 12.0 Å². The number of carboxylic acid groups (broad SMARTS) is 1. The van der Waals surface area contributed by atoms with Crippen molar-refractivity contribution in [2.75, 3.05) is 0 Å². The molecular formula is C10H11N5O2. The fourth-order valence-electron chi connectivity index (χ4n) is 1.46. The van der Waals surface area contributed by atoms with Crippen LogP contribution in [-0.4, -0.2) is 36.3 Å². The molecule has 2 aromatic heterocycles. The summed E-state index contributed by atoms with van der Waals surface area (Å²) in [6.07, 6.45) is 1.66. The molecule has 7 nitrogen and oxygen atoms in total. The van der Waals surface area contributed by atoms with E-state index in [0.29, 0.717) is 5.82 Å². The second-order valence-electron chi connectivity index (χ2n) is 3.60. The number of aryl methyl sites for hydroxylation is 1. The molecule has 88 valence electrons. The lowest BCUT2D eigenvalue weighted by atomic mass is 10.2. The Bertz CT molecular complexity index is 551. The van der Waals surface area contributed by atoms with Crippen LogP contribution in [0.4, 0.5) is 0 Å². The summed E-state index contributed by atoms with van der Waals surface area (Å²) in [5.74, 6) is -0.578. The summed E-state index contributed by atoms with van der Waals surface area (Å²) in [6.45, 7) is 3.34. The lowest BCUT2D eigenvalue weighted by Crippen LogP contribution is -2.18. The third kappa shape index (κ3) is 1.99. The summed E-state index contributed by atoms with van der Waals surface area (Å²) in [7, 11) is 0. The third-order valence-corrected chi connectivity index (χ3v) is 2.46. The number of tetrazole rings is 1. The lowest BCUT2D eigenvalue weighted by molar-refractivity contribution is -0.140. The molecule has 1 N–H and O–H groups in total. The smallest absolute Gasteiger partial charge is 0.328 e. The number of hydrogen-bond acceptors (Lipinski definition) is 5. The molecule has 2 aromatic rings. The molecule has 0 aliphatic carbocycles. The Labute approximate surface area is 97.1 Å². The quantitative estimate of drug-likeness (QED) is 0.838. The average Bonchev–Trinajstić information content (AvgIpc) is 2.77. The van der Waals surface area contributed by atoms with Gasteiger partial charge in [-0.15, -0.1) is 5.10 Å². The van der Waals surface area contributed by atoms with Gasteiger partial charge in [-0.2, -0.15) is 0 Å². The topological polar surface area (TPSA) is 93.8 Å². The zero-order chi connectivity index (χ0) is 12.4. The first kappa shape index (κ1) is 11.2. The molecule has 1 unspecified atom stereocenters. The van der Waals surface area contributed by atoms with E-state index in [-0.39, 0.29) is 0 Å². The van der Waals surface area contributed by atoms with E-state index in [9.17, 15) is 4.79 Å². The van der Waals surface area contributed by atoms with Crippen molar-refractivity contribution in [1.29, 1.82) is 0 Å². The number of carbonyl (C=O) groups is 1. The van der Waals surface area contributed by atoms with Crippen LogP contribution in [0.5, 0.6) is 0 Å². The summed E-state index contributed by atoms with van der Waals surface area (Å²) in [6, 6.07) is 2.74. The van der Waals surface area contributed by atoms with Crippen molar-refractivity contribution in [3.05, 3.63) is 24.0 Å². The predicted molar refractivity (Wildman–Crippen MR) is 58.1 cm³/mol. The predicted octanol–water partition coefficient (Wildman–Crippen LogP) is 0.689. The zero-order valence-electron chi connectivity index (χ0n) is 9.40. The SMILES string of the molecule is Cc1ncccc1-c1nnnn1C(C)C(=O)O. The van der Waals surface area contributed by atoms with Crippen LogP contribution in [0.3, 0.4) is 0 Å². The van der Waals surface area contributed by atoms with Gasteiger partial charge in [-0.3, -0.25) is 4.98 Å². The maximum Gasteiger partial charge on any atom is 0.328 e. The fraction of sp³-hybridized carbons (Fsp3) is 0.300. The molecular weight excluding hydrogens is 222 g/mol. The second kappa shape index (κ2) is 4.28. The number of rotatable bonds is 3. The minimum Gasteiger partial charge on any atom is -0.480 e. The molecule has 0 radical (unpaired) electrons. The largest absolute Gasteiger partial charge is 0.480 e. The van der Waals surface area contributed by atoms with Crippen LogP contribution in [0, 0.1) is 6.92 Å². The van der Waals surface area contributed by atoms with Gasteiger partial charge in [0.25, 0.3) is 0 Å². The van der Waals surface area contributed by atoms with Crippen LogP contribution in [0.2, 0.25) is 0 Å². The van der Waals surface area contributed by atoms with Crippen LogP contribution >= 0.6 is 0 Å². The highest BCUT2D eigenvalue weighted by Gasteiger charge is 2.21. The fourth-order valence-corrected chi connectivity index (χ4v) is 1.46. The first-order valence-corrected chi connectivity index (χ1v) is 5.04. The number of pyridine rings is 1. The van der Waals surface area contributed by atoms with Crippen molar-refractivity contribution < 1.29 is 9.90 Å². The summed E-state index contributed by atoms with van der Waals surface area (Å²) < 4.78 is 1.27. The van der Waals surface area contributed by atoms with E-state index in [0.717, 1.165) is 11.3 Å². The highest BCUT2D eigenvalue weighted by molar-refractivity contribution is 5.72. The Morgan fingerprint density at radius 1 is 1.53 bits per heavy atom. The third-order valence-electron chi connectivity index (χ3n) is 2.46. The molecule has 0 amide bonds. The Balaban J connectivity index is 2.51. The molecule has 17 heavy (non-hydrogen) atoms. The van der Waals surface area contributed by atoms with E-state index in [1.54, 1.807) is 18.3 Å². The van der Waals surface area contributed by atoms with Gasteiger partial charge in [0, 0.05) is 17.5 Å². The zero-order valence-corrected chi connectivity index (χ0v) is 9.40. The van der Waals surface area contributed by atoms with E-state index in [1.807, 2.05) is 6.92 Å². The summed E-state index contributed by atoms with van der Waals surface area (Å²) in [5.41, 5.74) is 1.48. The van der Waals surface area contributed by atoms with Gasteiger partial charge >= 0.3 is 5.97 Å². The van der Waals surface area contributed by atoms with Gasteiger partial charge in [0.1, 0.15) is 0 Å². The molecule has 0 bridgehead atoms. The maximum absolute atomic E-state index is 10.9. The normalized spacial score (nSPS) is 12.4. The lowest BCUT2D eigenvalue weighted by Gasteiger charge is -2.09. The Morgan fingerprint density at radius 2 is 2.29 bits per heavy atom. The van der Waals surface area contributed by atoms with Gasteiger partial charge in [0.05, 0.1) is 0 Å². The Hall–Kier alpha value is -2.31. The standard InChI is InChI=1S/C10H11N5O2/c1-6-8(4-3-5-11-6)9-12-13-14-15(9)7(2)10(16)17/h3-5,7H,1-2H3,(H,16,17). The molecule has 0 saturated carbocycles. The van der Waals surface area contributed by atoms with Crippen molar-refractivity contribution in [3.8, 4) is 11.4 Å². The monoisotopic (exact) mass is 233 g/mol. The Morgan fingerprint density at radius 3 is 2.94 bits per heavy atom. The van der Waals surface area contributed by atoms with E-state index in [2.05, 4.69) is 20.5 Å². The highest BCUT2D eigenvalue weighted by Crippen LogP contribution is 2.20. The molecule has 2 heterocycles. The van der Waals surface area contributed by atoms with Gasteiger partial charge < -0.3 is 5.11 Å². The van der Waals surface area contributed by atoms with Crippen LogP contribution in [-0.2, 0) is 4.79 Å². The van der Waals surface area contributed by atoms with Crippen molar-refractivity contribution in [1.82, 2.24) is 25.2 Å². The molecule has 0 spiro atoms. The van der Waals surface area contributed by atoms with Gasteiger partial charge in [-0.25, -0.2) is 9.48 Å². The van der Waals surface area contributed by atoms with Crippen molar-refractivity contribution in [3.63, 3.8) is 0 Å². The highest BCUT2D eigenvalue weighted by atomic mass is 16.4. The van der Waals surface area contributed by atoms with Crippen molar-refractivity contribution in [2.24, 2.45) is 0 Å². The minimum atomic E-state index is -0.986. The molecule has 0 aliphatic heterocycles. The minimum absolute atomic E-state index is 0.408. The number of hydrogen-bond donors (Lipinski definition) is 1. The van der Waals surface area contributed by atoms with Crippen LogP contribution in [0.25, 0.3) is 11.4 Å². The number of aliphatic carboxylic acids is 1. The van der Waals surface area contributed by atoms with Crippen LogP contribution in [0.1, 0.15) is 18.7 Å². The maximum atomic E-state index is 10.9. The first-order valence-electron chi connectivity index (χ1n) is 5.04. The average molecular weight is 233 g/mol. The molecule has 0 aromatic carbocycles. The second-order valence-corrected chi connectivity index (χ2v) is 3.60. The van der Waals surface area contributed by atoms with Crippen molar-refractivity contribution >= 4 is 5.97 Å². The van der Waals surface area contributed by atoms with Gasteiger partial charge in [-0.1, -0.05) is 0 Å². The number of aromatic nitrogens is 5. The van der Waals surface area contributed by atoms with Crippen molar-refractivity contribution in [2.45, 2.75) is 19.9 Å². The molecule has 0 saturated heterocycles. The van der Waals surface area contributed by atoms with Gasteiger partial charge in [0.15, 0.2) is 11.9 Å². The first-order chi connectivity index (χ1) is 8.11. The van der Waals surface area contributed by atoms with Gasteiger partial charge in [-0.05, 0) is 36.4 Å². The van der Waals surface area contributed by atoms with E-state index in [4.69, 9.17) is 5.11 Å². The molecule has 7 heteroatoms. The van der Waals surface area contributed by atoms with Crippen LogP contribution in [0.15, 0.2) is 18.3 Å². The van der Waals surface area contributed by atoms with E-state index in [1.165, 1.54) is 11.6 Å². The summed E-state index contributed by atoms with van der Waals surface area (Å²) >= 11 is 0. The molecule has 0 aliphatic rings. The number of carboxylic acids is 1. The van der Waals surface area contributed by atoms with Gasteiger partial charge in [0.2, 0.25) is 0 Å². The van der Waals surface area contributed by atoms with Crippen LogP contribution < -0.4 is 0 Å². The molecule has 0 fully saturated rings. The molecule has 1 atom stereocenters. The number of nitrogens with zero attached hydrogens (tertiary/aromatic N) is 5. The Kier molecular flexibility index (Phi) is 2.82. The summed E-state index contributed by atoms with van der Waals surface area (Å²) in [4.78, 5) is 15.1. The summed E-state index contributed by atoms with van der Waals surface area (Å²) in [5, 5.41) is 20.0. The molecule has 2 rings (SSSR count).